The first-order valence-electron chi connectivity index (χ1n) is 15.0. The molecule has 0 bridgehead atoms. The molecule has 3 aromatic carbocycles. The van der Waals surface area contributed by atoms with Gasteiger partial charge >= 0.3 is 0 Å². The normalized spacial score (nSPS) is 15.3. The van der Waals surface area contributed by atoms with E-state index in [9.17, 15) is 9.59 Å². The first kappa shape index (κ1) is 30.1. The van der Waals surface area contributed by atoms with Crippen LogP contribution in [-0.4, -0.2) is 72.8 Å². The maximum absolute atomic E-state index is 13.0. The molecule has 5 aromatic rings. The van der Waals surface area contributed by atoms with Crippen molar-refractivity contribution in [3.8, 4) is 0 Å². The Kier molecular flexibility index (Phi) is 9.14. The zero-order valence-electron chi connectivity index (χ0n) is 24.9. The molecule has 6 rings (SSSR count). The molecule has 1 fully saturated rings. The standard InChI is InChI=1S/C34H35ClN6O2S/c1-23-10-9-11-25(20-23)22-41-29-15-6-4-13-27(29)31-32(41)36-34(38-37-31)44-19-8-7-16-30(42)39-17-18-40(24(2)21-39)33(43)26-12-3-5-14-28(26)35/h3-6,9-15,20,24H,7-8,16-19,21-22H2,1-2H3. The van der Waals surface area contributed by atoms with Gasteiger partial charge in [-0.05, 0) is 50.5 Å². The number of carbonyl (C=O) groups is 2. The van der Waals surface area contributed by atoms with Gasteiger partial charge in [-0.1, -0.05) is 83.5 Å². The van der Waals surface area contributed by atoms with Crippen molar-refractivity contribution in [2.24, 2.45) is 0 Å². The average Bonchev–Trinajstić information content (AvgIpc) is 3.33. The summed E-state index contributed by atoms with van der Waals surface area (Å²) in [5, 5.41) is 11.1. The Balaban J connectivity index is 1.02. The molecular weight excluding hydrogens is 592 g/mol. The Morgan fingerprint density at radius 1 is 0.977 bits per heavy atom. The van der Waals surface area contributed by atoms with Gasteiger partial charge in [0.05, 0.1) is 16.1 Å². The third-order valence-corrected chi connectivity index (χ3v) is 9.39. The van der Waals surface area contributed by atoms with Gasteiger partial charge in [0.1, 0.15) is 5.52 Å². The van der Waals surface area contributed by atoms with Crippen LogP contribution in [-0.2, 0) is 11.3 Å². The van der Waals surface area contributed by atoms with Crippen molar-refractivity contribution in [1.82, 2.24) is 29.5 Å². The van der Waals surface area contributed by atoms with Crippen LogP contribution < -0.4 is 0 Å². The topological polar surface area (TPSA) is 84.2 Å². The molecule has 226 valence electrons. The number of benzene rings is 3. The van der Waals surface area contributed by atoms with Gasteiger partial charge in [-0.2, -0.15) is 0 Å². The van der Waals surface area contributed by atoms with Crippen molar-refractivity contribution in [2.75, 3.05) is 25.4 Å². The minimum Gasteiger partial charge on any atom is -0.339 e. The van der Waals surface area contributed by atoms with E-state index in [0.29, 0.717) is 48.3 Å². The van der Waals surface area contributed by atoms with Crippen LogP contribution in [0.1, 0.15) is 47.7 Å². The van der Waals surface area contributed by atoms with Crippen molar-refractivity contribution >= 4 is 57.2 Å². The number of fused-ring (bicyclic) bond motifs is 3. The van der Waals surface area contributed by atoms with Crippen LogP contribution in [0.15, 0.2) is 78.0 Å². The molecule has 1 atom stereocenters. The Labute approximate surface area is 266 Å². The fourth-order valence-electron chi connectivity index (χ4n) is 5.88. The maximum atomic E-state index is 13.0. The highest BCUT2D eigenvalue weighted by Crippen LogP contribution is 2.28. The number of amides is 2. The second kappa shape index (κ2) is 13.4. The largest absolute Gasteiger partial charge is 0.339 e. The Hall–Kier alpha value is -3.95. The Morgan fingerprint density at radius 2 is 1.80 bits per heavy atom. The molecule has 2 aromatic heterocycles. The maximum Gasteiger partial charge on any atom is 0.255 e. The first-order valence-corrected chi connectivity index (χ1v) is 16.4. The number of piperazine rings is 1. The van der Waals surface area contributed by atoms with E-state index in [-0.39, 0.29) is 17.9 Å². The van der Waals surface area contributed by atoms with Gasteiger partial charge < -0.3 is 14.4 Å². The lowest BCUT2D eigenvalue weighted by atomic mass is 10.1. The number of hydrogen-bond acceptors (Lipinski definition) is 6. The van der Waals surface area contributed by atoms with E-state index in [1.807, 2.05) is 41.0 Å². The van der Waals surface area contributed by atoms with E-state index in [0.717, 1.165) is 40.7 Å². The molecule has 0 aliphatic carbocycles. The van der Waals surface area contributed by atoms with Gasteiger partial charge in [0.15, 0.2) is 5.65 Å². The molecule has 2 amide bonds. The molecule has 1 aliphatic heterocycles. The molecule has 0 spiro atoms. The van der Waals surface area contributed by atoms with Crippen molar-refractivity contribution < 1.29 is 9.59 Å². The number of para-hydroxylation sites is 1. The zero-order chi connectivity index (χ0) is 30.6. The van der Waals surface area contributed by atoms with E-state index >= 15 is 0 Å². The minimum atomic E-state index is -0.0855. The summed E-state index contributed by atoms with van der Waals surface area (Å²) in [4.78, 5) is 34.6. The summed E-state index contributed by atoms with van der Waals surface area (Å²) in [6, 6.07) is 23.8. The molecule has 0 saturated carbocycles. The van der Waals surface area contributed by atoms with Crippen LogP contribution in [0.4, 0.5) is 0 Å². The van der Waals surface area contributed by atoms with Crippen LogP contribution in [0, 0.1) is 6.92 Å². The summed E-state index contributed by atoms with van der Waals surface area (Å²) in [7, 11) is 0. The fourth-order valence-corrected chi connectivity index (χ4v) is 6.88. The van der Waals surface area contributed by atoms with E-state index < -0.39 is 0 Å². The van der Waals surface area contributed by atoms with Gasteiger partial charge in [0.2, 0.25) is 11.1 Å². The van der Waals surface area contributed by atoms with Gasteiger partial charge in [0.25, 0.3) is 5.91 Å². The summed E-state index contributed by atoms with van der Waals surface area (Å²) >= 11 is 7.82. The molecule has 8 nitrogen and oxygen atoms in total. The van der Waals surface area contributed by atoms with Gasteiger partial charge in [-0.25, -0.2) is 4.98 Å². The molecule has 1 unspecified atom stereocenters. The van der Waals surface area contributed by atoms with Crippen LogP contribution in [0.25, 0.3) is 22.1 Å². The number of halogens is 1. The van der Waals surface area contributed by atoms with Gasteiger partial charge in [-0.3, -0.25) is 9.59 Å². The fraction of sp³-hybridized carbons (Fsp3) is 0.324. The lowest BCUT2D eigenvalue weighted by Gasteiger charge is -2.40. The highest BCUT2D eigenvalue weighted by molar-refractivity contribution is 7.99. The third kappa shape index (κ3) is 6.44. The quantitative estimate of drug-likeness (QED) is 0.135. The van der Waals surface area contributed by atoms with Crippen molar-refractivity contribution in [2.45, 2.75) is 50.9 Å². The van der Waals surface area contributed by atoms with E-state index in [2.05, 4.69) is 58.1 Å². The number of thioether (sulfide) groups is 1. The number of aryl methyl sites for hydroxylation is 1. The molecule has 0 radical (unpaired) electrons. The second-order valence-corrected chi connectivity index (χ2v) is 12.8. The van der Waals surface area contributed by atoms with Crippen LogP contribution in [0.5, 0.6) is 0 Å². The summed E-state index contributed by atoms with van der Waals surface area (Å²) in [6.07, 6.45) is 2.13. The predicted octanol–water partition coefficient (Wildman–Crippen LogP) is 6.63. The van der Waals surface area contributed by atoms with E-state index in [4.69, 9.17) is 16.6 Å². The summed E-state index contributed by atoms with van der Waals surface area (Å²) in [5.41, 5.74) is 5.69. The number of carbonyl (C=O) groups excluding carboxylic acids is 2. The third-order valence-electron chi connectivity index (χ3n) is 8.14. The predicted molar refractivity (Wildman–Crippen MR) is 176 cm³/mol. The second-order valence-electron chi connectivity index (χ2n) is 11.3. The molecule has 44 heavy (non-hydrogen) atoms. The summed E-state index contributed by atoms with van der Waals surface area (Å²) < 4.78 is 2.22. The SMILES string of the molecule is Cc1cccc(Cn2c3ccccc3c3nnc(SCCCCC(=O)N4CCN(C(=O)c5ccccc5Cl)C(C)C4)nc32)c1. The number of rotatable bonds is 9. The highest BCUT2D eigenvalue weighted by Gasteiger charge is 2.30. The van der Waals surface area contributed by atoms with E-state index in [1.54, 1.807) is 23.9 Å². The zero-order valence-corrected chi connectivity index (χ0v) is 26.5. The van der Waals surface area contributed by atoms with Gasteiger partial charge in [-0.15, -0.1) is 10.2 Å². The molecular formula is C34H35ClN6O2S. The van der Waals surface area contributed by atoms with Crippen LogP contribution >= 0.6 is 23.4 Å². The molecule has 1 saturated heterocycles. The van der Waals surface area contributed by atoms with Crippen molar-refractivity contribution in [1.29, 1.82) is 0 Å². The molecule has 3 heterocycles. The van der Waals surface area contributed by atoms with Crippen molar-refractivity contribution in [3.63, 3.8) is 0 Å². The summed E-state index contributed by atoms with van der Waals surface area (Å²) in [5.74, 6) is 0.846. The van der Waals surface area contributed by atoms with Crippen LogP contribution in [0.3, 0.4) is 0 Å². The number of unbranched alkanes of at least 4 members (excludes halogenated alkanes) is 1. The van der Waals surface area contributed by atoms with Crippen LogP contribution in [0.2, 0.25) is 5.02 Å². The highest BCUT2D eigenvalue weighted by atomic mass is 35.5. The number of nitrogens with zero attached hydrogens (tertiary/aromatic N) is 6. The molecule has 0 N–H and O–H groups in total. The Bertz CT molecular complexity index is 1820. The molecule has 10 heteroatoms. The number of hydrogen-bond donors (Lipinski definition) is 0. The number of aromatic nitrogens is 4. The molecule has 1 aliphatic rings. The van der Waals surface area contributed by atoms with Crippen molar-refractivity contribution in [3.05, 3.63) is 94.5 Å². The smallest absolute Gasteiger partial charge is 0.255 e. The summed E-state index contributed by atoms with van der Waals surface area (Å²) in [6.45, 7) is 6.35. The lowest BCUT2D eigenvalue weighted by Crippen LogP contribution is -2.55. The minimum absolute atomic E-state index is 0.0758. The Morgan fingerprint density at radius 3 is 2.61 bits per heavy atom. The van der Waals surface area contributed by atoms with Gasteiger partial charge in [0, 0.05) is 49.8 Å². The monoisotopic (exact) mass is 626 g/mol. The average molecular weight is 627 g/mol. The lowest BCUT2D eigenvalue weighted by molar-refractivity contribution is -0.133. The van der Waals surface area contributed by atoms with E-state index in [1.165, 1.54) is 11.1 Å². The first-order chi connectivity index (χ1) is 21.4.